The second kappa shape index (κ2) is 5.44. The van der Waals surface area contributed by atoms with Gasteiger partial charge in [-0.1, -0.05) is 25.2 Å². The fourth-order valence-corrected chi connectivity index (χ4v) is 3.23. The molecule has 0 spiro atoms. The van der Waals surface area contributed by atoms with Crippen LogP contribution in [0.5, 0.6) is 5.75 Å². The van der Waals surface area contributed by atoms with Crippen LogP contribution in [0.1, 0.15) is 18.9 Å². The summed E-state index contributed by atoms with van der Waals surface area (Å²) in [4.78, 5) is 5.35. The number of rotatable bonds is 4. The molecule has 21 heavy (non-hydrogen) atoms. The molecule has 0 amide bonds. The molecule has 0 radical (unpaired) electrons. The van der Waals surface area contributed by atoms with Crippen LogP contribution in [0.4, 0.5) is 4.39 Å². The lowest BCUT2D eigenvalue weighted by Crippen LogP contribution is -1.94. The van der Waals surface area contributed by atoms with Gasteiger partial charge in [0.05, 0.1) is 19.0 Å². The Hall–Kier alpha value is -1.95. The van der Waals surface area contributed by atoms with E-state index >= 15 is 0 Å². The largest absolute Gasteiger partial charge is 0.494 e. The van der Waals surface area contributed by atoms with Crippen LogP contribution in [0.2, 0.25) is 0 Å². The van der Waals surface area contributed by atoms with Crippen molar-refractivity contribution in [1.82, 2.24) is 14.6 Å². The van der Waals surface area contributed by atoms with Gasteiger partial charge in [0.2, 0.25) is 4.96 Å². The zero-order chi connectivity index (χ0) is 15.0. The van der Waals surface area contributed by atoms with E-state index in [-0.39, 0.29) is 11.6 Å². The number of nitrogens with zero attached hydrogens (tertiary/aromatic N) is 3. The smallest absolute Gasteiger partial charge is 0.212 e. The van der Waals surface area contributed by atoms with Crippen LogP contribution in [0, 0.1) is 11.7 Å². The number of hydrogen-bond donors (Lipinski definition) is 0. The third-order valence-electron chi connectivity index (χ3n) is 3.12. The monoisotopic (exact) mass is 305 g/mol. The molecule has 2 heterocycles. The first-order valence-electron chi connectivity index (χ1n) is 6.76. The van der Waals surface area contributed by atoms with Gasteiger partial charge in [0, 0.05) is 12.0 Å². The van der Waals surface area contributed by atoms with Crippen LogP contribution < -0.4 is 4.74 Å². The minimum atomic E-state index is -0.389. The summed E-state index contributed by atoms with van der Waals surface area (Å²) in [5.41, 5.74) is 1.43. The summed E-state index contributed by atoms with van der Waals surface area (Å²) in [6.07, 6.45) is 2.78. The Morgan fingerprint density at radius 3 is 2.81 bits per heavy atom. The molecule has 0 fully saturated rings. The molecule has 0 saturated carbocycles. The number of imidazole rings is 1. The highest BCUT2D eigenvalue weighted by Crippen LogP contribution is 2.27. The van der Waals surface area contributed by atoms with Gasteiger partial charge in [-0.15, -0.1) is 0 Å². The Labute approximate surface area is 126 Å². The van der Waals surface area contributed by atoms with E-state index in [0.29, 0.717) is 11.6 Å². The summed E-state index contributed by atoms with van der Waals surface area (Å²) in [5.74, 6) is 0.410. The van der Waals surface area contributed by atoms with E-state index < -0.39 is 0 Å². The normalized spacial score (nSPS) is 11.5. The Morgan fingerprint density at radius 2 is 2.19 bits per heavy atom. The highest BCUT2D eigenvalue weighted by molar-refractivity contribution is 7.16. The van der Waals surface area contributed by atoms with Crippen molar-refractivity contribution in [3.8, 4) is 17.0 Å². The Balaban J connectivity index is 1.94. The van der Waals surface area contributed by atoms with Crippen molar-refractivity contribution in [1.29, 1.82) is 0 Å². The Bertz CT molecular complexity index is 747. The van der Waals surface area contributed by atoms with Crippen LogP contribution in [-0.2, 0) is 6.42 Å². The minimum absolute atomic E-state index is 0.233. The fraction of sp³-hybridized carbons (Fsp3) is 0.333. The highest BCUT2D eigenvalue weighted by atomic mass is 32.1. The molecule has 1 aromatic carbocycles. The van der Waals surface area contributed by atoms with Crippen molar-refractivity contribution in [2.75, 3.05) is 7.11 Å². The zero-order valence-electron chi connectivity index (χ0n) is 12.1. The van der Waals surface area contributed by atoms with Crippen LogP contribution in [0.25, 0.3) is 16.2 Å². The first-order chi connectivity index (χ1) is 10.1. The second-order valence-electron chi connectivity index (χ2n) is 5.30. The number of aromatic nitrogens is 3. The lowest BCUT2D eigenvalue weighted by molar-refractivity contribution is 0.386. The van der Waals surface area contributed by atoms with Gasteiger partial charge in [-0.2, -0.15) is 5.10 Å². The molecule has 0 saturated heterocycles. The highest BCUT2D eigenvalue weighted by Gasteiger charge is 2.12. The molecule has 3 rings (SSSR count). The SMILES string of the molecule is COc1ccc(-c2cn3nc(CC(C)C)sc3n2)cc1F. The molecule has 0 N–H and O–H groups in total. The molecule has 0 unspecified atom stereocenters. The van der Waals surface area contributed by atoms with E-state index in [4.69, 9.17) is 4.74 Å². The zero-order valence-corrected chi connectivity index (χ0v) is 12.9. The molecule has 110 valence electrons. The van der Waals surface area contributed by atoms with Crippen molar-refractivity contribution in [2.24, 2.45) is 5.92 Å². The molecule has 3 aromatic rings. The summed E-state index contributed by atoms with van der Waals surface area (Å²) >= 11 is 1.58. The molecular formula is C15H16FN3OS. The number of ether oxygens (including phenoxy) is 1. The molecule has 0 aliphatic rings. The first-order valence-corrected chi connectivity index (χ1v) is 7.57. The van der Waals surface area contributed by atoms with Crippen molar-refractivity contribution in [3.05, 3.63) is 35.2 Å². The number of methoxy groups -OCH3 is 1. The first kappa shape index (κ1) is 14.0. The quantitative estimate of drug-likeness (QED) is 0.736. The number of hydrogen-bond acceptors (Lipinski definition) is 4. The van der Waals surface area contributed by atoms with Crippen molar-refractivity contribution < 1.29 is 9.13 Å². The maximum atomic E-state index is 13.8. The third kappa shape index (κ3) is 2.76. The third-order valence-corrected chi connectivity index (χ3v) is 4.06. The maximum absolute atomic E-state index is 13.8. The summed E-state index contributed by atoms with van der Waals surface area (Å²) in [5, 5.41) is 5.58. The van der Waals surface area contributed by atoms with Crippen molar-refractivity contribution >= 4 is 16.3 Å². The predicted octanol–water partition coefficient (Wildman–Crippen LogP) is 3.80. The topological polar surface area (TPSA) is 39.4 Å². The number of benzene rings is 1. The number of fused-ring (bicyclic) bond motifs is 1. The van der Waals surface area contributed by atoms with E-state index in [2.05, 4.69) is 23.9 Å². The van der Waals surface area contributed by atoms with Crippen LogP contribution in [0.3, 0.4) is 0 Å². The second-order valence-corrected chi connectivity index (χ2v) is 6.34. The molecule has 6 heteroatoms. The van der Waals surface area contributed by atoms with Gasteiger partial charge >= 0.3 is 0 Å². The van der Waals surface area contributed by atoms with Gasteiger partial charge in [0.15, 0.2) is 11.6 Å². The van der Waals surface area contributed by atoms with Gasteiger partial charge in [0.25, 0.3) is 0 Å². The Kier molecular flexibility index (Phi) is 3.63. The van der Waals surface area contributed by atoms with Gasteiger partial charge in [-0.25, -0.2) is 13.9 Å². The van der Waals surface area contributed by atoms with E-state index in [1.807, 2.05) is 6.20 Å². The van der Waals surface area contributed by atoms with Crippen LogP contribution >= 0.6 is 11.3 Å². The molecule has 2 aromatic heterocycles. The maximum Gasteiger partial charge on any atom is 0.212 e. The van der Waals surface area contributed by atoms with Gasteiger partial charge in [-0.05, 0) is 24.1 Å². The summed E-state index contributed by atoms with van der Waals surface area (Å²) in [6, 6.07) is 4.83. The molecule has 0 atom stereocenters. The lowest BCUT2D eigenvalue weighted by atomic mass is 10.1. The predicted molar refractivity (Wildman–Crippen MR) is 81.4 cm³/mol. The average Bonchev–Trinajstić information content (AvgIpc) is 2.95. The van der Waals surface area contributed by atoms with Crippen molar-refractivity contribution in [3.63, 3.8) is 0 Å². The summed E-state index contributed by atoms with van der Waals surface area (Å²) < 4.78 is 20.4. The lowest BCUT2D eigenvalue weighted by Gasteiger charge is -2.02. The van der Waals surface area contributed by atoms with E-state index in [1.165, 1.54) is 13.2 Å². The minimum Gasteiger partial charge on any atom is -0.494 e. The summed E-state index contributed by atoms with van der Waals surface area (Å²) in [7, 11) is 1.45. The fourth-order valence-electron chi connectivity index (χ4n) is 2.14. The van der Waals surface area contributed by atoms with E-state index in [0.717, 1.165) is 22.0 Å². The average molecular weight is 305 g/mol. The van der Waals surface area contributed by atoms with Crippen molar-refractivity contribution in [2.45, 2.75) is 20.3 Å². The molecule has 0 aliphatic heterocycles. The molecular weight excluding hydrogens is 289 g/mol. The van der Waals surface area contributed by atoms with Crippen LogP contribution in [0.15, 0.2) is 24.4 Å². The molecule has 0 aliphatic carbocycles. The number of halogens is 1. The van der Waals surface area contributed by atoms with Crippen LogP contribution in [-0.4, -0.2) is 21.7 Å². The van der Waals surface area contributed by atoms with E-state index in [9.17, 15) is 4.39 Å². The Morgan fingerprint density at radius 1 is 1.38 bits per heavy atom. The van der Waals surface area contributed by atoms with Gasteiger partial charge in [0.1, 0.15) is 5.01 Å². The summed E-state index contributed by atoms with van der Waals surface area (Å²) in [6.45, 7) is 4.32. The van der Waals surface area contributed by atoms with Gasteiger partial charge < -0.3 is 4.74 Å². The van der Waals surface area contributed by atoms with E-state index in [1.54, 1.807) is 28.0 Å². The standard InChI is InChI=1S/C15H16FN3OS/c1-9(2)6-14-18-19-8-12(17-15(19)21-14)10-4-5-13(20-3)11(16)7-10/h4-5,7-9H,6H2,1-3H3. The molecule has 0 bridgehead atoms. The molecule has 4 nitrogen and oxygen atoms in total. The van der Waals surface area contributed by atoms with Gasteiger partial charge in [-0.3, -0.25) is 0 Å².